The average Bonchev–Trinajstić information content (AvgIpc) is 2.82. The molecule has 2 N–H and O–H groups in total. The standard InChI is InChI=1S/C11H10F2N2OS/c12-11(13)16-8-3-1-7(2-4-8)9(14)10-15-5-6-17-10/h1-6,9,11H,14H2. The predicted molar refractivity (Wildman–Crippen MR) is 61.2 cm³/mol. The van der Waals surface area contributed by atoms with Gasteiger partial charge in [0.1, 0.15) is 10.8 Å². The van der Waals surface area contributed by atoms with E-state index in [0.717, 1.165) is 10.6 Å². The molecule has 2 aromatic rings. The van der Waals surface area contributed by atoms with Gasteiger partial charge in [-0.05, 0) is 17.7 Å². The molecule has 1 heterocycles. The van der Waals surface area contributed by atoms with Crippen LogP contribution in [0, 0.1) is 0 Å². The van der Waals surface area contributed by atoms with E-state index in [1.807, 2.05) is 5.38 Å². The monoisotopic (exact) mass is 256 g/mol. The third kappa shape index (κ3) is 2.98. The lowest BCUT2D eigenvalue weighted by Crippen LogP contribution is -2.11. The molecule has 0 saturated carbocycles. The normalized spacial score (nSPS) is 12.7. The first-order valence-electron chi connectivity index (χ1n) is 4.86. The minimum atomic E-state index is -2.81. The summed E-state index contributed by atoms with van der Waals surface area (Å²) in [5.41, 5.74) is 6.78. The molecule has 2 rings (SSSR count). The number of nitrogens with zero attached hydrogens (tertiary/aromatic N) is 1. The molecule has 1 atom stereocenters. The SMILES string of the molecule is NC(c1ccc(OC(F)F)cc1)c1nccs1. The zero-order valence-corrected chi connectivity index (χ0v) is 9.53. The number of halogens is 2. The first-order valence-corrected chi connectivity index (χ1v) is 5.74. The summed E-state index contributed by atoms with van der Waals surface area (Å²) in [6.07, 6.45) is 1.67. The lowest BCUT2D eigenvalue weighted by molar-refractivity contribution is -0.0498. The molecule has 3 nitrogen and oxygen atoms in total. The highest BCUT2D eigenvalue weighted by Gasteiger charge is 2.11. The van der Waals surface area contributed by atoms with E-state index in [4.69, 9.17) is 5.73 Å². The molecule has 0 spiro atoms. The van der Waals surface area contributed by atoms with Crippen LogP contribution in [0.2, 0.25) is 0 Å². The lowest BCUT2D eigenvalue weighted by atomic mass is 10.1. The number of alkyl halides is 2. The van der Waals surface area contributed by atoms with E-state index in [1.54, 1.807) is 18.3 Å². The Labute approximate surface area is 101 Å². The van der Waals surface area contributed by atoms with Crippen molar-refractivity contribution in [2.24, 2.45) is 5.73 Å². The number of ether oxygens (including phenoxy) is 1. The van der Waals surface area contributed by atoms with Crippen molar-refractivity contribution >= 4 is 11.3 Å². The number of hydrogen-bond donors (Lipinski definition) is 1. The Morgan fingerprint density at radius 3 is 2.47 bits per heavy atom. The second-order valence-electron chi connectivity index (χ2n) is 3.30. The van der Waals surface area contributed by atoms with Gasteiger partial charge in [-0.15, -0.1) is 11.3 Å². The fourth-order valence-electron chi connectivity index (χ4n) is 1.39. The topological polar surface area (TPSA) is 48.1 Å². The summed E-state index contributed by atoms with van der Waals surface area (Å²) in [5.74, 6) is 0.120. The first-order chi connectivity index (χ1) is 8.16. The Bertz CT molecular complexity index is 459. The molecule has 1 aromatic carbocycles. The van der Waals surface area contributed by atoms with Gasteiger partial charge in [0.05, 0.1) is 6.04 Å². The Kier molecular flexibility index (Phi) is 3.65. The molecular weight excluding hydrogens is 246 g/mol. The van der Waals surface area contributed by atoms with Gasteiger partial charge in [0.25, 0.3) is 0 Å². The van der Waals surface area contributed by atoms with Crippen LogP contribution in [-0.4, -0.2) is 11.6 Å². The van der Waals surface area contributed by atoms with Crippen molar-refractivity contribution in [1.82, 2.24) is 4.98 Å². The molecule has 90 valence electrons. The Morgan fingerprint density at radius 2 is 1.94 bits per heavy atom. The molecule has 0 aliphatic carbocycles. The van der Waals surface area contributed by atoms with Crippen molar-refractivity contribution in [2.45, 2.75) is 12.7 Å². The fourth-order valence-corrected chi connectivity index (χ4v) is 2.05. The van der Waals surface area contributed by atoms with Gasteiger partial charge >= 0.3 is 6.61 Å². The molecular formula is C11H10F2N2OS. The van der Waals surface area contributed by atoms with Crippen molar-refractivity contribution < 1.29 is 13.5 Å². The van der Waals surface area contributed by atoms with Crippen molar-refractivity contribution in [2.75, 3.05) is 0 Å². The molecule has 1 aromatic heterocycles. The summed E-state index contributed by atoms with van der Waals surface area (Å²) in [6.45, 7) is -2.81. The number of rotatable bonds is 4. The van der Waals surface area contributed by atoms with E-state index in [1.165, 1.54) is 23.5 Å². The van der Waals surface area contributed by atoms with Crippen molar-refractivity contribution in [1.29, 1.82) is 0 Å². The smallest absolute Gasteiger partial charge is 0.387 e. The summed E-state index contributed by atoms with van der Waals surface area (Å²) < 4.78 is 28.1. The van der Waals surface area contributed by atoms with E-state index in [9.17, 15) is 8.78 Å². The van der Waals surface area contributed by atoms with Gasteiger partial charge in [0.2, 0.25) is 0 Å². The zero-order chi connectivity index (χ0) is 12.3. The Balaban J connectivity index is 2.12. The summed E-state index contributed by atoms with van der Waals surface area (Å²) in [6, 6.07) is 5.91. The third-order valence-corrected chi connectivity index (χ3v) is 3.04. The van der Waals surface area contributed by atoms with Gasteiger partial charge in [0, 0.05) is 11.6 Å². The summed E-state index contributed by atoms with van der Waals surface area (Å²) in [5, 5.41) is 2.62. The number of aromatic nitrogens is 1. The maximum atomic E-state index is 11.9. The highest BCUT2D eigenvalue weighted by Crippen LogP contribution is 2.23. The maximum absolute atomic E-state index is 11.9. The molecule has 0 bridgehead atoms. The molecule has 0 aliphatic rings. The summed E-state index contributed by atoms with van der Waals surface area (Å²) >= 11 is 1.45. The van der Waals surface area contributed by atoms with Gasteiger partial charge < -0.3 is 10.5 Å². The minimum absolute atomic E-state index is 0.120. The molecule has 0 saturated heterocycles. The molecule has 0 amide bonds. The van der Waals surface area contributed by atoms with Gasteiger partial charge in [-0.3, -0.25) is 0 Å². The van der Waals surface area contributed by atoms with Crippen LogP contribution in [0.1, 0.15) is 16.6 Å². The predicted octanol–water partition coefficient (Wildman–Crippen LogP) is 2.79. The van der Waals surface area contributed by atoms with Crippen LogP contribution in [0.5, 0.6) is 5.75 Å². The Morgan fingerprint density at radius 1 is 1.24 bits per heavy atom. The van der Waals surface area contributed by atoms with Crippen LogP contribution < -0.4 is 10.5 Å². The van der Waals surface area contributed by atoms with Crippen LogP contribution in [-0.2, 0) is 0 Å². The summed E-state index contributed by atoms with van der Waals surface area (Å²) in [4.78, 5) is 4.11. The van der Waals surface area contributed by atoms with Crippen molar-refractivity contribution in [3.05, 3.63) is 46.4 Å². The van der Waals surface area contributed by atoms with E-state index in [2.05, 4.69) is 9.72 Å². The number of nitrogens with two attached hydrogens (primary N) is 1. The maximum Gasteiger partial charge on any atom is 0.387 e. The second-order valence-corrected chi connectivity index (χ2v) is 4.22. The third-order valence-electron chi connectivity index (χ3n) is 2.18. The van der Waals surface area contributed by atoms with Crippen LogP contribution in [0.3, 0.4) is 0 Å². The molecule has 17 heavy (non-hydrogen) atoms. The number of benzene rings is 1. The molecule has 0 fully saturated rings. The van der Waals surface area contributed by atoms with E-state index < -0.39 is 6.61 Å². The first kappa shape index (κ1) is 11.9. The van der Waals surface area contributed by atoms with Crippen molar-refractivity contribution in [3.8, 4) is 5.75 Å². The van der Waals surface area contributed by atoms with E-state index in [0.29, 0.717) is 0 Å². The van der Waals surface area contributed by atoms with Crippen LogP contribution in [0.15, 0.2) is 35.8 Å². The van der Waals surface area contributed by atoms with Gasteiger partial charge in [-0.2, -0.15) is 8.78 Å². The lowest BCUT2D eigenvalue weighted by Gasteiger charge is -2.10. The second kappa shape index (κ2) is 5.20. The largest absolute Gasteiger partial charge is 0.435 e. The molecule has 0 radical (unpaired) electrons. The quantitative estimate of drug-likeness (QED) is 0.915. The molecule has 0 aliphatic heterocycles. The minimum Gasteiger partial charge on any atom is -0.435 e. The summed E-state index contributed by atoms with van der Waals surface area (Å²) in [7, 11) is 0. The van der Waals surface area contributed by atoms with Crippen LogP contribution in [0.4, 0.5) is 8.78 Å². The van der Waals surface area contributed by atoms with Crippen LogP contribution in [0.25, 0.3) is 0 Å². The molecule has 1 unspecified atom stereocenters. The zero-order valence-electron chi connectivity index (χ0n) is 8.72. The van der Waals surface area contributed by atoms with Gasteiger partial charge in [0.15, 0.2) is 0 Å². The van der Waals surface area contributed by atoms with Crippen LogP contribution >= 0.6 is 11.3 Å². The van der Waals surface area contributed by atoms with E-state index in [-0.39, 0.29) is 11.8 Å². The number of thiazole rings is 1. The highest BCUT2D eigenvalue weighted by atomic mass is 32.1. The fraction of sp³-hybridized carbons (Fsp3) is 0.182. The van der Waals surface area contributed by atoms with Gasteiger partial charge in [-0.1, -0.05) is 12.1 Å². The molecule has 6 heteroatoms. The highest BCUT2D eigenvalue weighted by molar-refractivity contribution is 7.09. The van der Waals surface area contributed by atoms with E-state index >= 15 is 0 Å². The number of hydrogen-bond acceptors (Lipinski definition) is 4. The van der Waals surface area contributed by atoms with Gasteiger partial charge in [-0.25, -0.2) is 4.98 Å². The Hall–Kier alpha value is -1.53. The van der Waals surface area contributed by atoms with Crippen molar-refractivity contribution in [3.63, 3.8) is 0 Å². The average molecular weight is 256 g/mol.